The molecule has 7 nitrogen and oxygen atoms in total. The number of aryl methyl sites for hydroxylation is 1. The molecule has 0 saturated carbocycles. The first-order valence-electron chi connectivity index (χ1n) is 9.83. The highest BCUT2D eigenvalue weighted by molar-refractivity contribution is 7.18. The summed E-state index contributed by atoms with van der Waals surface area (Å²) in [7, 11) is 0. The van der Waals surface area contributed by atoms with Crippen molar-refractivity contribution in [1.29, 1.82) is 0 Å². The highest BCUT2D eigenvalue weighted by Crippen LogP contribution is 2.38. The van der Waals surface area contributed by atoms with Gasteiger partial charge < -0.3 is 9.88 Å². The number of amides is 1. The third-order valence-corrected chi connectivity index (χ3v) is 6.75. The maximum absolute atomic E-state index is 13.8. The van der Waals surface area contributed by atoms with E-state index in [0.29, 0.717) is 12.1 Å². The second kappa shape index (κ2) is 6.50. The zero-order valence-corrected chi connectivity index (χ0v) is 17.1. The summed E-state index contributed by atoms with van der Waals surface area (Å²) in [4.78, 5) is 28.4. The average molecular weight is 414 g/mol. The fraction of sp³-hybridized carbons (Fsp3) is 0.182. The fourth-order valence-electron chi connectivity index (χ4n) is 4.28. The Kier molecular flexibility index (Phi) is 3.76. The fourth-order valence-corrected chi connectivity index (χ4v) is 5.36. The van der Waals surface area contributed by atoms with E-state index >= 15 is 0 Å². The van der Waals surface area contributed by atoms with Crippen LogP contribution in [-0.4, -0.2) is 41.9 Å². The largest absolute Gasteiger partial charge is 0.348 e. The maximum Gasteiger partial charge on any atom is 0.258 e. The number of rotatable bonds is 2. The summed E-state index contributed by atoms with van der Waals surface area (Å²) < 4.78 is 2.87. The number of aromatic nitrogens is 5. The molecular formula is C22H18N6OS. The van der Waals surface area contributed by atoms with Crippen molar-refractivity contribution in [1.82, 2.24) is 29.5 Å². The minimum atomic E-state index is -0.317. The van der Waals surface area contributed by atoms with Crippen molar-refractivity contribution in [2.75, 3.05) is 6.54 Å². The highest BCUT2D eigenvalue weighted by Gasteiger charge is 2.38. The average Bonchev–Trinajstić information content (AvgIpc) is 3.47. The normalized spacial score (nSPS) is 16.3. The lowest BCUT2D eigenvalue weighted by Crippen LogP contribution is -2.41. The predicted molar refractivity (Wildman–Crippen MR) is 115 cm³/mol. The minimum absolute atomic E-state index is 0.0355. The summed E-state index contributed by atoms with van der Waals surface area (Å²) in [5.41, 5.74) is 5.07. The topological polar surface area (TPSA) is 79.2 Å². The maximum atomic E-state index is 13.8. The first-order valence-corrected chi connectivity index (χ1v) is 10.6. The molecule has 1 N–H and O–H groups in total. The van der Waals surface area contributed by atoms with Crippen molar-refractivity contribution in [3.63, 3.8) is 0 Å². The van der Waals surface area contributed by atoms with Gasteiger partial charge in [-0.05, 0) is 31.2 Å². The summed E-state index contributed by atoms with van der Waals surface area (Å²) >= 11 is 1.62. The van der Waals surface area contributed by atoms with E-state index in [1.165, 1.54) is 0 Å². The number of pyridine rings is 1. The molecule has 0 bridgehead atoms. The van der Waals surface area contributed by atoms with Crippen molar-refractivity contribution in [3.8, 4) is 0 Å². The van der Waals surface area contributed by atoms with Crippen molar-refractivity contribution < 1.29 is 4.79 Å². The second-order valence-corrected chi connectivity index (χ2v) is 8.49. The second-order valence-electron chi connectivity index (χ2n) is 7.43. The van der Waals surface area contributed by atoms with Gasteiger partial charge in [0.25, 0.3) is 5.91 Å². The van der Waals surface area contributed by atoms with Crippen LogP contribution < -0.4 is 0 Å². The number of nitrogens with one attached hydrogen (secondary N) is 1. The molecule has 1 aromatic carbocycles. The third-order valence-electron chi connectivity index (χ3n) is 5.66. The lowest BCUT2D eigenvalue weighted by Gasteiger charge is -2.33. The molecule has 0 radical (unpaired) electrons. The number of benzene rings is 1. The van der Waals surface area contributed by atoms with E-state index in [1.807, 2.05) is 54.4 Å². The number of carbonyl (C=O) groups is 1. The molecule has 148 valence electrons. The Balaban J connectivity index is 1.51. The van der Waals surface area contributed by atoms with Crippen LogP contribution in [0, 0.1) is 6.92 Å². The van der Waals surface area contributed by atoms with E-state index in [4.69, 9.17) is 4.98 Å². The van der Waals surface area contributed by atoms with Gasteiger partial charge in [0.2, 0.25) is 0 Å². The van der Waals surface area contributed by atoms with Crippen molar-refractivity contribution in [2.45, 2.75) is 19.4 Å². The van der Waals surface area contributed by atoms with Gasteiger partial charge in [-0.3, -0.25) is 4.79 Å². The van der Waals surface area contributed by atoms with Gasteiger partial charge in [-0.1, -0.05) is 18.2 Å². The number of aromatic amines is 1. The van der Waals surface area contributed by atoms with Gasteiger partial charge in [-0.2, -0.15) is 5.10 Å². The number of H-pyrrole nitrogens is 1. The number of thiazole rings is 1. The lowest BCUT2D eigenvalue weighted by molar-refractivity contribution is 0.0692. The Bertz CT molecular complexity index is 1380. The van der Waals surface area contributed by atoms with E-state index in [0.717, 1.165) is 44.2 Å². The molecule has 0 spiro atoms. The first kappa shape index (κ1) is 17.3. The minimum Gasteiger partial charge on any atom is -0.348 e. The van der Waals surface area contributed by atoms with Gasteiger partial charge in [0.05, 0.1) is 39.0 Å². The molecule has 0 saturated heterocycles. The van der Waals surface area contributed by atoms with Crippen LogP contribution in [0.15, 0.2) is 55.0 Å². The lowest BCUT2D eigenvalue weighted by atomic mass is 10.0. The van der Waals surface area contributed by atoms with Gasteiger partial charge in [0, 0.05) is 24.9 Å². The summed E-state index contributed by atoms with van der Waals surface area (Å²) in [5.74, 6) is -0.0355. The Morgan fingerprint density at radius 1 is 1.20 bits per heavy atom. The number of carbonyl (C=O) groups excluding carboxylic acids is 1. The zero-order chi connectivity index (χ0) is 20.2. The number of hydrogen-bond donors (Lipinski definition) is 1. The van der Waals surface area contributed by atoms with E-state index in [9.17, 15) is 4.79 Å². The van der Waals surface area contributed by atoms with Gasteiger partial charge in [0.15, 0.2) is 0 Å². The molecule has 1 aliphatic heterocycles. The standard InChI is InChI=1S/C22H18N6OS/c1-13-18(16-7-4-5-10-28(16)26-13)22(29)27-11-9-15-19(24-12-23-15)20(27)21-25-14-6-2-3-8-17(14)30-21/h2-8,10,12,20H,9,11H2,1H3,(H,23,24)/t20-/m0/s1. The molecule has 5 aromatic rings. The van der Waals surface area contributed by atoms with Crippen LogP contribution in [0.1, 0.15) is 38.5 Å². The number of fused-ring (bicyclic) bond motifs is 3. The number of para-hydroxylation sites is 1. The van der Waals surface area contributed by atoms with E-state index in [1.54, 1.807) is 22.2 Å². The molecule has 0 aliphatic carbocycles. The SMILES string of the molecule is Cc1nn2ccccc2c1C(=O)N1CCc2[nH]cnc2[C@H]1c1nc2ccccc2s1. The molecule has 1 atom stereocenters. The van der Waals surface area contributed by atoms with Gasteiger partial charge in [-0.15, -0.1) is 11.3 Å². The molecule has 0 unspecified atom stereocenters. The summed E-state index contributed by atoms with van der Waals surface area (Å²) in [5, 5.41) is 5.41. The zero-order valence-electron chi connectivity index (χ0n) is 16.2. The van der Waals surface area contributed by atoms with Crippen LogP contribution in [0.5, 0.6) is 0 Å². The Morgan fingerprint density at radius 3 is 2.97 bits per heavy atom. The Morgan fingerprint density at radius 2 is 2.07 bits per heavy atom. The van der Waals surface area contributed by atoms with Crippen LogP contribution in [0.4, 0.5) is 0 Å². The molecule has 4 aromatic heterocycles. The Labute approximate surface area is 176 Å². The number of imidazole rings is 1. The number of hydrogen-bond acceptors (Lipinski definition) is 5. The molecule has 0 fully saturated rings. The third kappa shape index (κ3) is 2.50. The van der Waals surface area contributed by atoms with Crippen LogP contribution in [0.25, 0.3) is 15.7 Å². The van der Waals surface area contributed by atoms with Gasteiger partial charge in [0.1, 0.15) is 11.0 Å². The van der Waals surface area contributed by atoms with Crippen molar-refractivity contribution in [2.24, 2.45) is 0 Å². The van der Waals surface area contributed by atoms with E-state index in [2.05, 4.69) is 21.1 Å². The monoisotopic (exact) mass is 414 g/mol. The van der Waals surface area contributed by atoms with Crippen molar-refractivity contribution >= 4 is 33.0 Å². The Hall–Kier alpha value is -3.52. The van der Waals surface area contributed by atoms with Crippen LogP contribution in [-0.2, 0) is 6.42 Å². The highest BCUT2D eigenvalue weighted by atomic mass is 32.1. The van der Waals surface area contributed by atoms with Crippen LogP contribution >= 0.6 is 11.3 Å². The molecule has 8 heteroatoms. The van der Waals surface area contributed by atoms with Crippen LogP contribution in [0.3, 0.4) is 0 Å². The number of nitrogens with zero attached hydrogens (tertiary/aromatic N) is 5. The van der Waals surface area contributed by atoms with Crippen molar-refractivity contribution in [3.05, 3.63) is 82.6 Å². The molecule has 30 heavy (non-hydrogen) atoms. The smallest absolute Gasteiger partial charge is 0.258 e. The molecule has 1 amide bonds. The van der Waals surface area contributed by atoms with E-state index in [-0.39, 0.29) is 11.9 Å². The summed E-state index contributed by atoms with van der Waals surface area (Å²) in [6.07, 6.45) is 4.31. The van der Waals surface area contributed by atoms with Gasteiger partial charge >= 0.3 is 0 Å². The first-order chi connectivity index (χ1) is 14.7. The van der Waals surface area contributed by atoms with Gasteiger partial charge in [-0.25, -0.2) is 14.5 Å². The predicted octanol–water partition coefficient (Wildman–Crippen LogP) is 3.76. The molecular weight excluding hydrogens is 396 g/mol. The van der Waals surface area contributed by atoms with Crippen LogP contribution in [0.2, 0.25) is 0 Å². The van der Waals surface area contributed by atoms with E-state index < -0.39 is 0 Å². The quantitative estimate of drug-likeness (QED) is 0.477. The summed E-state index contributed by atoms with van der Waals surface area (Å²) in [6, 6.07) is 13.5. The molecule has 6 rings (SSSR count). The summed E-state index contributed by atoms with van der Waals surface area (Å²) in [6.45, 7) is 2.48. The molecule has 5 heterocycles. The molecule has 1 aliphatic rings.